The normalized spacial score (nSPS) is 14.6. The number of hydrogen-bond donors (Lipinski definition) is 2. The fourth-order valence-electron chi connectivity index (χ4n) is 3.22. The average molecular weight is 516 g/mol. The SMILES string of the molecule is COc1ccc(N2C(=O)/C(=C\c3ccc(-c4cc(C(=O)O)cc(C(=O)O)c4)o3)SC2=S)cc1Cl. The topological polar surface area (TPSA) is 117 Å². The second kappa shape index (κ2) is 9.34. The van der Waals surface area contributed by atoms with Crippen molar-refractivity contribution >= 4 is 69.5 Å². The maximum absolute atomic E-state index is 13.0. The second-order valence-electron chi connectivity index (χ2n) is 6.95. The van der Waals surface area contributed by atoms with E-state index in [0.717, 1.165) is 17.8 Å². The number of benzene rings is 2. The van der Waals surface area contributed by atoms with Crippen LogP contribution in [0, 0.1) is 0 Å². The summed E-state index contributed by atoms with van der Waals surface area (Å²) in [5.41, 5.74) is 0.389. The molecular formula is C23H14ClNO7S2. The van der Waals surface area contributed by atoms with E-state index in [0.29, 0.717) is 31.4 Å². The van der Waals surface area contributed by atoms with E-state index < -0.39 is 11.9 Å². The number of furan rings is 1. The Balaban J connectivity index is 1.64. The van der Waals surface area contributed by atoms with Crippen LogP contribution in [0.2, 0.25) is 5.02 Å². The number of aromatic carboxylic acids is 2. The quantitative estimate of drug-likeness (QED) is 0.328. The molecule has 11 heteroatoms. The van der Waals surface area contributed by atoms with Crippen LogP contribution in [0.1, 0.15) is 26.5 Å². The molecular weight excluding hydrogens is 502 g/mol. The van der Waals surface area contributed by atoms with Gasteiger partial charge in [0.05, 0.1) is 33.9 Å². The van der Waals surface area contributed by atoms with E-state index in [1.165, 1.54) is 30.2 Å². The molecule has 34 heavy (non-hydrogen) atoms. The first-order chi connectivity index (χ1) is 16.2. The van der Waals surface area contributed by atoms with Gasteiger partial charge in [-0.3, -0.25) is 9.69 Å². The molecule has 0 radical (unpaired) electrons. The van der Waals surface area contributed by atoms with Crippen molar-refractivity contribution in [1.82, 2.24) is 0 Å². The maximum Gasteiger partial charge on any atom is 0.335 e. The molecule has 0 spiro atoms. The average Bonchev–Trinajstić information content (AvgIpc) is 3.37. The maximum atomic E-state index is 13.0. The largest absolute Gasteiger partial charge is 0.495 e. The van der Waals surface area contributed by atoms with Crippen molar-refractivity contribution in [2.24, 2.45) is 0 Å². The van der Waals surface area contributed by atoms with Crippen LogP contribution in [0.4, 0.5) is 5.69 Å². The molecule has 2 aromatic carbocycles. The lowest BCUT2D eigenvalue weighted by Crippen LogP contribution is -2.27. The van der Waals surface area contributed by atoms with Crippen LogP contribution in [-0.2, 0) is 4.79 Å². The molecule has 1 aliphatic heterocycles. The lowest BCUT2D eigenvalue weighted by atomic mass is 10.0. The Bertz CT molecular complexity index is 1360. The molecule has 172 valence electrons. The summed E-state index contributed by atoms with van der Waals surface area (Å²) in [7, 11) is 1.49. The molecule has 2 N–H and O–H groups in total. The van der Waals surface area contributed by atoms with Gasteiger partial charge < -0.3 is 19.4 Å². The summed E-state index contributed by atoms with van der Waals surface area (Å²) in [6.07, 6.45) is 1.51. The number of carboxylic acid groups (broad SMARTS) is 2. The lowest BCUT2D eigenvalue weighted by Gasteiger charge is -2.15. The van der Waals surface area contributed by atoms with Crippen LogP contribution in [0.15, 0.2) is 57.9 Å². The molecule has 4 rings (SSSR count). The van der Waals surface area contributed by atoms with Gasteiger partial charge >= 0.3 is 11.9 Å². The molecule has 0 saturated carbocycles. The zero-order valence-electron chi connectivity index (χ0n) is 17.3. The molecule has 1 aliphatic rings. The number of halogens is 1. The molecule has 0 atom stereocenters. The number of nitrogens with zero attached hydrogens (tertiary/aromatic N) is 1. The Morgan fingerprint density at radius 1 is 1.09 bits per heavy atom. The summed E-state index contributed by atoms with van der Waals surface area (Å²) >= 11 is 12.6. The van der Waals surface area contributed by atoms with Crippen molar-refractivity contribution < 1.29 is 33.8 Å². The standard InChI is InChI=1S/C23H14ClNO7S2/c1-31-18-4-2-14(9-16(18)24)25-20(26)19(34-23(25)33)10-15-3-5-17(32-15)11-6-12(21(27)28)8-13(7-11)22(29)30/h2-10H,1H3,(H,27,28)(H,29,30)/b19-10+. The Kier molecular flexibility index (Phi) is 6.47. The van der Waals surface area contributed by atoms with Gasteiger partial charge in [0.1, 0.15) is 17.3 Å². The Labute approximate surface area is 207 Å². The van der Waals surface area contributed by atoms with Crippen LogP contribution in [0.3, 0.4) is 0 Å². The number of ether oxygens (including phenoxy) is 1. The number of thiocarbonyl (C=S) groups is 1. The van der Waals surface area contributed by atoms with Crippen LogP contribution in [-0.4, -0.2) is 39.5 Å². The third-order valence-electron chi connectivity index (χ3n) is 4.80. The fraction of sp³-hybridized carbons (Fsp3) is 0.0435. The zero-order valence-corrected chi connectivity index (χ0v) is 19.7. The highest BCUT2D eigenvalue weighted by Crippen LogP contribution is 2.39. The highest BCUT2D eigenvalue weighted by molar-refractivity contribution is 8.27. The van der Waals surface area contributed by atoms with E-state index in [-0.39, 0.29) is 28.4 Å². The van der Waals surface area contributed by atoms with Crippen molar-refractivity contribution in [2.75, 3.05) is 12.0 Å². The third kappa shape index (κ3) is 4.56. The predicted octanol–water partition coefficient (Wildman–Crippen LogP) is 5.41. The van der Waals surface area contributed by atoms with Crippen molar-refractivity contribution in [3.05, 3.63) is 75.3 Å². The number of amides is 1. The van der Waals surface area contributed by atoms with Gasteiger partial charge in [-0.2, -0.15) is 0 Å². The molecule has 2 heterocycles. The summed E-state index contributed by atoms with van der Waals surface area (Å²) in [5.74, 6) is -1.88. The lowest BCUT2D eigenvalue weighted by molar-refractivity contribution is -0.113. The van der Waals surface area contributed by atoms with Gasteiger partial charge in [0.15, 0.2) is 4.32 Å². The number of carboxylic acids is 2. The number of carbonyl (C=O) groups is 3. The van der Waals surface area contributed by atoms with E-state index in [9.17, 15) is 24.6 Å². The van der Waals surface area contributed by atoms with Crippen LogP contribution >= 0.6 is 35.6 Å². The number of hydrogen-bond acceptors (Lipinski definition) is 7. The third-order valence-corrected chi connectivity index (χ3v) is 6.40. The van der Waals surface area contributed by atoms with E-state index in [1.807, 2.05) is 0 Å². The van der Waals surface area contributed by atoms with Gasteiger partial charge in [-0.25, -0.2) is 9.59 Å². The Morgan fingerprint density at radius 3 is 2.35 bits per heavy atom. The second-order valence-corrected chi connectivity index (χ2v) is 9.03. The zero-order chi connectivity index (χ0) is 24.6. The minimum absolute atomic E-state index is 0.188. The van der Waals surface area contributed by atoms with Gasteiger partial charge in [-0.05, 0) is 48.5 Å². The molecule has 0 unspecified atom stereocenters. The fourth-order valence-corrected chi connectivity index (χ4v) is 4.75. The van der Waals surface area contributed by atoms with Crippen molar-refractivity contribution in [3.63, 3.8) is 0 Å². The van der Waals surface area contributed by atoms with Gasteiger partial charge in [0.25, 0.3) is 5.91 Å². The van der Waals surface area contributed by atoms with Gasteiger partial charge in [0.2, 0.25) is 0 Å². The molecule has 8 nitrogen and oxygen atoms in total. The van der Waals surface area contributed by atoms with Crippen molar-refractivity contribution in [1.29, 1.82) is 0 Å². The van der Waals surface area contributed by atoms with Crippen LogP contribution in [0.25, 0.3) is 17.4 Å². The highest BCUT2D eigenvalue weighted by atomic mass is 35.5. The molecule has 0 aliphatic carbocycles. The number of methoxy groups -OCH3 is 1. The van der Waals surface area contributed by atoms with Crippen LogP contribution in [0.5, 0.6) is 5.75 Å². The van der Waals surface area contributed by atoms with Gasteiger partial charge in [-0.1, -0.05) is 35.6 Å². The molecule has 1 fully saturated rings. The van der Waals surface area contributed by atoms with E-state index in [4.69, 9.17) is 33.0 Å². The monoisotopic (exact) mass is 515 g/mol. The molecule has 3 aromatic rings. The smallest absolute Gasteiger partial charge is 0.335 e. The van der Waals surface area contributed by atoms with E-state index in [2.05, 4.69) is 0 Å². The number of carbonyl (C=O) groups excluding carboxylic acids is 1. The van der Waals surface area contributed by atoms with Crippen LogP contribution < -0.4 is 9.64 Å². The van der Waals surface area contributed by atoms with E-state index >= 15 is 0 Å². The molecule has 1 aromatic heterocycles. The Morgan fingerprint density at radius 2 is 1.76 bits per heavy atom. The summed E-state index contributed by atoms with van der Waals surface area (Å²) in [4.78, 5) is 37.4. The molecule has 1 amide bonds. The van der Waals surface area contributed by atoms with Gasteiger partial charge in [-0.15, -0.1) is 0 Å². The number of thioether (sulfide) groups is 1. The first kappa shape index (κ1) is 23.6. The number of rotatable bonds is 6. The summed E-state index contributed by atoms with van der Waals surface area (Å²) < 4.78 is 11.2. The summed E-state index contributed by atoms with van der Waals surface area (Å²) in [5, 5.41) is 18.9. The predicted molar refractivity (Wildman–Crippen MR) is 132 cm³/mol. The van der Waals surface area contributed by atoms with Crippen molar-refractivity contribution in [3.8, 4) is 17.1 Å². The molecule has 0 bridgehead atoms. The molecule has 1 saturated heterocycles. The number of anilines is 1. The van der Waals surface area contributed by atoms with E-state index in [1.54, 1.807) is 30.3 Å². The summed E-state index contributed by atoms with van der Waals surface area (Å²) in [6, 6.07) is 11.7. The van der Waals surface area contributed by atoms with Crippen molar-refractivity contribution in [2.45, 2.75) is 0 Å². The minimum atomic E-state index is -1.27. The summed E-state index contributed by atoms with van der Waals surface area (Å²) in [6.45, 7) is 0. The Hall–Kier alpha value is -3.60. The minimum Gasteiger partial charge on any atom is -0.495 e. The first-order valence-electron chi connectivity index (χ1n) is 9.51. The van der Waals surface area contributed by atoms with Gasteiger partial charge in [0, 0.05) is 11.6 Å². The first-order valence-corrected chi connectivity index (χ1v) is 11.1. The highest BCUT2D eigenvalue weighted by Gasteiger charge is 2.34.